The molecule has 2 rings (SSSR count). The van der Waals surface area contributed by atoms with Gasteiger partial charge in [-0.2, -0.15) is 0 Å². The molecule has 1 aliphatic heterocycles. The van der Waals surface area contributed by atoms with Crippen LogP contribution < -0.4 is 5.73 Å². The van der Waals surface area contributed by atoms with Crippen molar-refractivity contribution in [2.24, 2.45) is 5.73 Å². The van der Waals surface area contributed by atoms with E-state index < -0.39 is 0 Å². The number of nitrogens with zero attached hydrogens (tertiary/aromatic N) is 1. The first-order chi connectivity index (χ1) is 6.74. The first-order valence-electron chi connectivity index (χ1n) is 4.96. The molecule has 0 saturated carbocycles. The van der Waals surface area contributed by atoms with E-state index in [1.165, 1.54) is 5.56 Å². The molecule has 1 saturated heterocycles. The molecule has 1 aromatic rings. The monoisotopic (exact) mass is 254 g/mol. The highest BCUT2D eigenvalue weighted by Crippen LogP contribution is 2.16. The fraction of sp³-hybridized carbons (Fsp3) is 0.455. The second-order valence-electron chi connectivity index (χ2n) is 3.91. The number of halogens is 1. The van der Waals surface area contributed by atoms with Gasteiger partial charge in [0.05, 0.1) is 0 Å². The first kappa shape index (κ1) is 10.1. The lowest BCUT2D eigenvalue weighted by atomic mass is 10.2. The van der Waals surface area contributed by atoms with Crippen LogP contribution in [0.1, 0.15) is 12.0 Å². The van der Waals surface area contributed by atoms with Crippen molar-refractivity contribution in [3.8, 4) is 0 Å². The number of benzene rings is 1. The Morgan fingerprint density at radius 2 is 2.36 bits per heavy atom. The van der Waals surface area contributed by atoms with Crippen molar-refractivity contribution in [3.63, 3.8) is 0 Å². The number of likely N-dealkylation sites (tertiary alicyclic amines) is 1. The van der Waals surface area contributed by atoms with E-state index in [4.69, 9.17) is 5.73 Å². The Balaban J connectivity index is 1.97. The normalized spacial score (nSPS) is 22.9. The molecular weight excluding hydrogens is 240 g/mol. The smallest absolute Gasteiger partial charge is 0.0234 e. The molecule has 1 aromatic carbocycles. The molecule has 1 aliphatic rings. The van der Waals surface area contributed by atoms with Crippen molar-refractivity contribution < 1.29 is 0 Å². The molecule has 14 heavy (non-hydrogen) atoms. The molecule has 0 aromatic heterocycles. The lowest BCUT2D eigenvalue weighted by Crippen LogP contribution is -2.26. The fourth-order valence-electron chi connectivity index (χ4n) is 1.90. The van der Waals surface area contributed by atoms with Gasteiger partial charge in [-0.05, 0) is 24.1 Å². The standard InChI is InChI=1S/C11H15BrN2/c12-10-3-1-2-9(6-10)7-14-5-4-11(13)8-14/h1-3,6,11H,4-5,7-8,13H2/t11-/m1/s1. The van der Waals surface area contributed by atoms with Crippen LogP contribution in [0.25, 0.3) is 0 Å². The third-order valence-corrected chi connectivity index (χ3v) is 3.10. The van der Waals surface area contributed by atoms with Crippen molar-refractivity contribution in [1.29, 1.82) is 0 Å². The predicted molar refractivity (Wildman–Crippen MR) is 62.0 cm³/mol. The van der Waals surface area contributed by atoms with Gasteiger partial charge in [-0.3, -0.25) is 4.90 Å². The van der Waals surface area contributed by atoms with Crippen LogP contribution in [0.15, 0.2) is 28.7 Å². The minimum atomic E-state index is 0.377. The first-order valence-corrected chi connectivity index (χ1v) is 5.76. The Morgan fingerprint density at radius 1 is 1.50 bits per heavy atom. The predicted octanol–water partition coefficient (Wildman–Crippen LogP) is 1.98. The van der Waals surface area contributed by atoms with E-state index in [0.29, 0.717) is 6.04 Å². The maximum atomic E-state index is 5.86. The minimum absolute atomic E-state index is 0.377. The molecular formula is C11H15BrN2. The van der Waals surface area contributed by atoms with Crippen LogP contribution in [0.2, 0.25) is 0 Å². The summed E-state index contributed by atoms with van der Waals surface area (Å²) < 4.78 is 1.15. The lowest BCUT2D eigenvalue weighted by Gasteiger charge is -2.15. The molecule has 1 heterocycles. The largest absolute Gasteiger partial charge is 0.326 e. The third-order valence-electron chi connectivity index (χ3n) is 2.60. The van der Waals surface area contributed by atoms with Crippen molar-refractivity contribution >= 4 is 15.9 Å². The van der Waals surface area contributed by atoms with Gasteiger partial charge in [-0.25, -0.2) is 0 Å². The highest BCUT2D eigenvalue weighted by atomic mass is 79.9. The molecule has 1 atom stereocenters. The fourth-order valence-corrected chi connectivity index (χ4v) is 2.35. The summed E-state index contributed by atoms with van der Waals surface area (Å²) >= 11 is 3.48. The molecule has 1 fully saturated rings. The van der Waals surface area contributed by atoms with Gasteiger partial charge in [0.25, 0.3) is 0 Å². The van der Waals surface area contributed by atoms with Crippen molar-refractivity contribution in [2.45, 2.75) is 19.0 Å². The zero-order valence-electron chi connectivity index (χ0n) is 8.12. The Morgan fingerprint density at radius 3 is 3.00 bits per heavy atom. The van der Waals surface area contributed by atoms with E-state index in [-0.39, 0.29) is 0 Å². The van der Waals surface area contributed by atoms with E-state index in [1.807, 2.05) is 0 Å². The number of hydrogen-bond donors (Lipinski definition) is 1. The zero-order valence-corrected chi connectivity index (χ0v) is 9.70. The van der Waals surface area contributed by atoms with E-state index >= 15 is 0 Å². The number of nitrogens with two attached hydrogens (primary N) is 1. The second-order valence-corrected chi connectivity index (χ2v) is 4.83. The molecule has 0 unspecified atom stereocenters. The van der Waals surface area contributed by atoms with Crippen LogP contribution in [0.3, 0.4) is 0 Å². The van der Waals surface area contributed by atoms with Crippen molar-refractivity contribution in [1.82, 2.24) is 4.90 Å². The summed E-state index contributed by atoms with van der Waals surface area (Å²) in [6, 6.07) is 8.84. The summed E-state index contributed by atoms with van der Waals surface area (Å²) in [5, 5.41) is 0. The van der Waals surface area contributed by atoms with Crippen LogP contribution in [-0.2, 0) is 6.54 Å². The van der Waals surface area contributed by atoms with Crippen LogP contribution in [0, 0.1) is 0 Å². The molecule has 0 amide bonds. The van der Waals surface area contributed by atoms with Crippen LogP contribution in [0.5, 0.6) is 0 Å². The van der Waals surface area contributed by atoms with Crippen molar-refractivity contribution in [2.75, 3.05) is 13.1 Å². The highest BCUT2D eigenvalue weighted by Gasteiger charge is 2.18. The summed E-state index contributed by atoms with van der Waals surface area (Å²) in [6.07, 6.45) is 1.13. The Labute approximate surface area is 93.2 Å². The minimum Gasteiger partial charge on any atom is -0.326 e. The summed E-state index contributed by atoms with van der Waals surface area (Å²) in [5.41, 5.74) is 7.21. The van der Waals surface area contributed by atoms with Gasteiger partial charge in [-0.1, -0.05) is 28.1 Å². The van der Waals surface area contributed by atoms with Crippen LogP contribution in [0.4, 0.5) is 0 Å². The summed E-state index contributed by atoms with van der Waals surface area (Å²) in [5.74, 6) is 0. The molecule has 0 bridgehead atoms. The number of hydrogen-bond acceptors (Lipinski definition) is 2. The molecule has 3 heteroatoms. The van der Waals surface area contributed by atoms with Gasteiger partial charge < -0.3 is 5.73 Å². The van der Waals surface area contributed by atoms with E-state index in [1.54, 1.807) is 0 Å². The Hall–Kier alpha value is -0.380. The SMILES string of the molecule is N[C@@H]1CCN(Cc2cccc(Br)c2)C1. The molecule has 0 spiro atoms. The quantitative estimate of drug-likeness (QED) is 0.875. The zero-order chi connectivity index (χ0) is 9.97. The van der Waals surface area contributed by atoms with Gasteiger partial charge in [0, 0.05) is 30.1 Å². The highest BCUT2D eigenvalue weighted by molar-refractivity contribution is 9.10. The van der Waals surface area contributed by atoms with Crippen molar-refractivity contribution in [3.05, 3.63) is 34.3 Å². The maximum Gasteiger partial charge on any atom is 0.0234 e. The maximum absolute atomic E-state index is 5.86. The van der Waals surface area contributed by atoms with Crippen LogP contribution >= 0.6 is 15.9 Å². The van der Waals surface area contributed by atoms with Gasteiger partial charge in [0.2, 0.25) is 0 Å². The average Bonchev–Trinajstić information content (AvgIpc) is 2.51. The topological polar surface area (TPSA) is 29.3 Å². The summed E-state index contributed by atoms with van der Waals surface area (Å²) in [7, 11) is 0. The molecule has 2 N–H and O–H groups in total. The van der Waals surface area contributed by atoms with Gasteiger partial charge in [0.15, 0.2) is 0 Å². The number of rotatable bonds is 2. The molecule has 76 valence electrons. The van der Waals surface area contributed by atoms with Gasteiger partial charge in [-0.15, -0.1) is 0 Å². The van der Waals surface area contributed by atoms with Gasteiger partial charge >= 0.3 is 0 Å². The lowest BCUT2D eigenvalue weighted by molar-refractivity contribution is 0.327. The molecule has 0 aliphatic carbocycles. The van der Waals surface area contributed by atoms with E-state index in [2.05, 4.69) is 45.1 Å². The molecule has 2 nitrogen and oxygen atoms in total. The Kier molecular flexibility index (Phi) is 3.21. The Bertz CT molecular complexity index is 314. The summed E-state index contributed by atoms with van der Waals surface area (Å²) in [4.78, 5) is 2.41. The second kappa shape index (κ2) is 4.43. The van der Waals surface area contributed by atoms with Gasteiger partial charge in [0.1, 0.15) is 0 Å². The summed E-state index contributed by atoms with van der Waals surface area (Å²) in [6.45, 7) is 3.19. The molecule has 0 radical (unpaired) electrons. The van der Waals surface area contributed by atoms with E-state index in [9.17, 15) is 0 Å². The van der Waals surface area contributed by atoms with Crippen LogP contribution in [-0.4, -0.2) is 24.0 Å². The average molecular weight is 255 g/mol. The van der Waals surface area contributed by atoms with E-state index in [0.717, 1.165) is 30.5 Å². The third kappa shape index (κ3) is 2.56.